The van der Waals surface area contributed by atoms with Gasteiger partial charge < -0.3 is 10.2 Å². The third-order valence-electron chi connectivity index (χ3n) is 3.42. The van der Waals surface area contributed by atoms with Crippen molar-refractivity contribution in [2.24, 2.45) is 0 Å². The Morgan fingerprint density at radius 2 is 2.28 bits per heavy atom. The molecule has 0 amide bonds. The van der Waals surface area contributed by atoms with Crippen LogP contribution in [0.25, 0.3) is 0 Å². The van der Waals surface area contributed by atoms with E-state index in [9.17, 15) is 10.1 Å². The van der Waals surface area contributed by atoms with Crippen molar-refractivity contribution >= 4 is 11.4 Å². The SMILES string of the molecule is Cc1cccc([N+](=O)[O-])c1NC1CCCN(C)C1. The number of hydrogen-bond donors (Lipinski definition) is 1. The number of nitro benzene ring substituents is 1. The van der Waals surface area contributed by atoms with E-state index in [0.717, 1.165) is 31.5 Å². The average Bonchev–Trinajstić information content (AvgIpc) is 2.31. The van der Waals surface area contributed by atoms with Crippen molar-refractivity contribution in [3.63, 3.8) is 0 Å². The van der Waals surface area contributed by atoms with E-state index < -0.39 is 0 Å². The van der Waals surface area contributed by atoms with Gasteiger partial charge in [0.05, 0.1) is 4.92 Å². The predicted octanol–water partition coefficient (Wildman–Crippen LogP) is 2.41. The molecule has 0 saturated carbocycles. The lowest BCUT2D eigenvalue weighted by molar-refractivity contribution is -0.384. The summed E-state index contributed by atoms with van der Waals surface area (Å²) < 4.78 is 0. The van der Waals surface area contributed by atoms with Crippen LogP contribution >= 0.6 is 0 Å². The highest BCUT2D eigenvalue weighted by Gasteiger charge is 2.22. The Kier molecular flexibility index (Phi) is 3.81. The average molecular weight is 249 g/mol. The van der Waals surface area contributed by atoms with E-state index in [1.807, 2.05) is 13.0 Å². The second-order valence-corrected chi connectivity index (χ2v) is 4.97. The summed E-state index contributed by atoms with van der Waals surface area (Å²) in [5.74, 6) is 0. The molecule has 1 fully saturated rings. The summed E-state index contributed by atoms with van der Waals surface area (Å²) in [7, 11) is 2.08. The van der Waals surface area contributed by atoms with E-state index in [1.54, 1.807) is 12.1 Å². The highest BCUT2D eigenvalue weighted by atomic mass is 16.6. The third kappa shape index (κ3) is 2.79. The van der Waals surface area contributed by atoms with E-state index >= 15 is 0 Å². The van der Waals surface area contributed by atoms with Crippen LogP contribution in [-0.4, -0.2) is 36.0 Å². The van der Waals surface area contributed by atoms with Crippen LogP contribution in [-0.2, 0) is 0 Å². The molecule has 98 valence electrons. The highest BCUT2D eigenvalue weighted by molar-refractivity contribution is 5.66. The first kappa shape index (κ1) is 12.8. The quantitative estimate of drug-likeness (QED) is 0.660. The molecule has 1 aliphatic heterocycles. The van der Waals surface area contributed by atoms with Crippen LogP contribution in [0.5, 0.6) is 0 Å². The maximum Gasteiger partial charge on any atom is 0.292 e. The Balaban J connectivity index is 2.20. The number of nitrogens with one attached hydrogen (secondary N) is 1. The maximum absolute atomic E-state index is 11.0. The molecular formula is C13H19N3O2. The minimum absolute atomic E-state index is 0.170. The largest absolute Gasteiger partial charge is 0.375 e. The number of likely N-dealkylation sites (tertiary alicyclic amines) is 1. The van der Waals surface area contributed by atoms with Gasteiger partial charge in [-0.3, -0.25) is 10.1 Å². The van der Waals surface area contributed by atoms with Crippen molar-refractivity contribution in [2.45, 2.75) is 25.8 Å². The molecule has 0 aromatic heterocycles. The number of likely N-dealkylation sites (N-methyl/N-ethyl adjacent to an activating group) is 1. The van der Waals surface area contributed by atoms with Crippen LogP contribution in [0.15, 0.2) is 18.2 Å². The smallest absolute Gasteiger partial charge is 0.292 e. The molecular weight excluding hydrogens is 230 g/mol. The van der Waals surface area contributed by atoms with E-state index in [-0.39, 0.29) is 10.6 Å². The first-order valence-corrected chi connectivity index (χ1v) is 6.27. The van der Waals surface area contributed by atoms with Crippen LogP contribution in [0.1, 0.15) is 18.4 Å². The normalized spacial score (nSPS) is 20.7. The molecule has 0 radical (unpaired) electrons. The number of nitrogens with zero attached hydrogens (tertiary/aromatic N) is 2. The monoisotopic (exact) mass is 249 g/mol. The van der Waals surface area contributed by atoms with Crippen molar-refractivity contribution in [3.05, 3.63) is 33.9 Å². The van der Waals surface area contributed by atoms with Crippen molar-refractivity contribution in [1.29, 1.82) is 0 Å². The summed E-state index contributed by atoms with van der Waals surface area (Å²) in [5.41, 5.74) is 1.77. The fraction of sp³-hybridized carbons (Fsp3) is 0.538. The molecule has 0 aliphatic carbocycles. The van der Waals surface area contributed by atoms with Crippen molar-refractivity contribution < 1.29 is 4.92 Å². The molecule has 5 nitrogen and oxygen atoms in total. The number of hydrogen-bond acceptors (Lipinski definition) is 4. The lowest BCUT2D eigenvalue weighted by Gasteiger charge is -2.31. The van der Waals surface area contributed by atoms with E-state index in [1.165, 1.54) is 0 Å². The van der Waals surface area contributed by atoms with Crippen LogP contribution < -0.4 is 5.32 Å². The lowest BCUT2D eigenvalue weighted by atomic mass is 10.0. The number of para-hydroxylation sites is 1. The van der Waals surface area contributed by atoms with E-state index in [0.29, 0.717) is 11.7 Å². The fourth-order valence-electron chi connectivity index (χ4n) is 2.48. The molecule has 2 rings (SSSR count). The van der Waals surface area contributed by atoms with Crippen LogP contribution in [0, 0.1) is 17.0 Å². The molecule has 5 heteroatoms. The number of benzene rings is 1. The van der Waals surface area contributed by atoms with Gasteiger partial charge in [-0.05, 0) is 38.9 Å². The molecule has 18 heavy (non-hydrogen) atoms. The highest BCUT2D eigenvalue weighted by Crippen LogP contribution is 2.29. The second kappa shape index (κ2) is 5.35. The van der Waals surface area contributed by atoms with Crippen molar-refractivity contribution in [1.82, 2.24) is 4.90 Å². The topological polar surface area (TPSA) is 58.4 Å². The first-order valence-electron chi connectivity index (χ1n) is 6.27. The Hall–Kier alpha value is -1.62. The van der Waals surface area contributed by atoms with Gasteiger partial charge in [-0.15, -0.1) is 0 Å². The van der Waals surface area contributed by atoms with E-state index in [2.05, 4.69) is 17.3 Å². The predicted molar refractivity (Wildman–Crippen MR) is 72.0 cm³/mol. The van der Waals surface area contributed by atoms with Gasteiger partial charge in [-0.25, -0.2) is 0 Å². The maximum atomic E-state index is 11.0. The Labute approximate surface area is 107 Å². The Morgan fingerprint density at radius 1 is 1.50 bits per heavy atom. The Morgan fingerprint density at radius 3 is 2.94 bits per heavy atom. The lowest BCUT2D eigenvalue weighted by Crippen LogP contribution is -2.39. The number of anilines is 1. The third-order valence-corrected chi connectivity index (χ3v) is 3.42. The zero-order valence-corrected chi connectivity index (χ0v) is 10.8. The molecule has 1 saturated heterocycles. The standard InChI is InChI=1S/C13H19N3O2/c1-10-5-3-7-12(16(17)18)13(10)14-11-6-4-8-15(2)9-11/h3,5,7,11,14H,4,6,8-9H2,1-2H3. The summed E-state index contributed by atoms with van der Waals surface area (Å²) in [5, 5.41) is 14.4. The molecule has 1 aromatic carbocycles. The minimum Gasteiger partial charge on any atom is -0.375 e. The zero-order chi connectivity index (χ0) is 13.1. The van der Waals surface area contributed by atoms with Gasteiger partial charge in [0.15, 0.2) is 0 Å². The number of aryl methyl sites for hydroxylation is 1. The van der Waals surface area contributed by atoms with Crippen LogP contribution in [0.2, 0.25) is 0 Å². The molecule has 0 bridgehead atoms. The molecule has 1 N–H and O–H groups in total. The molecule has 1 heterocycles. The summed E-state index contributed by atoms with van der Waals surface area (Å²) >= 11 is 0. The van der Waals surface area contributed by atoms with E-state index in [4.69, 9.17) is 0 Å². The van der Waals surface area contributed by atoms with Gasteiger partial charge in [-0.1, -0.05) is 12.1 Å². The second-order valence-electron chi connectivity index (χ2n) is 4.97. The number of piperidine rings is 1. The van der Waals surface area contributed by atoms with Crippen LogP contribution in [0.4, 0.5) is 11.4 Å². The van der Waals surface area contributed by atoms with Crippen molar-refractivity contribution in [2.75, 3.05) is 25.5 Å². The Bertz CT molecular complexity index is 448. The van der Waals surface area contributed by atoms with Gasteiger partial charge >= 0.3 is 0 Å². The fourth-order valence-corrected chi connectivity index (χ4v) is 2.48. The summed E-state index contributed by atoms with van der Waals surface area (Å²) in [6, 6.07) is 5.48. The molecule has 1 atom stereocenters. The molecule has 1 unspecified atom stereocenters. The first-order chi connectivity index (χ1) is 8.58. The van der Waals surface area contributed by atoms with Gasteiger partial charge in [0.2, 0.25) is 0 Å². The van der Waals surface area contributed by atoms with Crippen LogP contribution in [0.3, 0.4) is 0 Å². The molecule has 0 spiro atoms. The van der Waals surface area contributed by atoms with Gasteiger partial charge in [0.25, 0.3) is 5.69 Å². The summed E-state index contributed by atoms with van der Waals surface area (Å²) in [4.78, 5) is 13.0. The zero-order valence-electron chi connectivity index (χ0n) is 10.8. The van der Waals surface area contributed by atoms with Gasteiger partial charge in [-0.2, -0.15) is 0 Å². The summed E-state index contributed by atoms with van der Waals surface area (Å²) in [6.45, 7) is 3.95. The minimum atomic E-state index is -0.318. The van der Waals surface area contributed by atoms with Gasteiger partial charge in [0, 0.05) is 18.7 Å². The molecule has 1 aliphatic rings. The van der Waals surface area contributed by atoms with Gasteiger partial charge in [0.1, 0.15) is 5.69 Å². The number of rotatable bonds is 3. The molecule has 1 aromatic rings. The summed E-state index contributed by atoms with van der Waals surface area (Å²) in [6.07, 6.45) is 2.20. The number of nitro groups is 1. The van der Waals surface area contributed by atoms with Crippen molar-refractivity contribution in [3.8, 4) is 0 Å².